The van der Waals surface area contributed by atoms with Crippen molar-refractivity contribution in [1.29, 1.82) is 0 Å². The lowest BCUT2D eigenvalue weighted by atomic mass is 10.00. The number of carbonyl (C=O) groups excluding carboxylic acids is 1. The van der Waals surface area contributed by atoms with Gasteiger partial charge in [-0.1, -0.05) is 31.5 Å². The standard InChI is InChI=1S/C17H26N2O2/c1-2-6-14(13-18)17(20)19-11-9-16(10-12-19)21-15-7-4-3-5-8-15/h3-5,7-8,14,16H,2,6,9-13,18H2,1H3. The zero-order chi connectivity index (χ0) is 15.1. The number of nitrogens with zero attached hydrogens (tertiary/aromatic N) is 1. The van der Waals surface area contributed by atoms with Crippen LogP contribution < -0.4 is 10.5 Å². The van der Waals surface area contributed by atoms with Crippen LogP contribution in [-0.4, -0.2) is 36.5 Å². The van der Waals surface area contributed by atoms with E-state index in [0.717, 1.165) is 44.5 Å². The second-order valence-corrected chi connectivity index (χ2v) is 5.68. The lowest BCUT2D eigenvalue weighted by Gasteiger charge is -2.34. The first-order valence-corrected chi connectivity index (χ1v) is 7.95. The average molecular weight is 290 g/mol. The molecular formula is C17H26N2O2. The number of ether oxygens (including phenoxy) is 1. The third kappa shape index (κ3) is 4.46. The molecule has 1 unspecified atom stereocenters. The third-order valence-electron chi connectivity index (χ3n) is 4.07. The number of nitrogens with two attached hydrogens (primary N) is 1. The molecule has 1 aromatic rings. The first-order chi connectivity index (χ1) is 10.2. The maximum Gasteiger partial charge on any atom is 0.226 e. The van der Waals surface area contributed by atoms with Crippen molar-refractivity contribution >= 4 is 5.91 Å². The average Bonchev–Trinajstić information content (AvgIpc) is 2.54. The van der Waals surface area contributed by atoms with Crippen molar-refractivity contribution in [1.82, 2.24) is 4.90 Å². The zero-order valence-electron chi connectivity index (χ0n) is 12.8. The molecule has 0 spiro atoms. The molecule has 1 aliphatic heterocycles. The van der Waals surface area contributed by atoms with E-state index in [9.17, 15) is 4.79 Å². The van der Waals surface area contributed by atoms with Gasteiger partial charge in [0.2, 0.25) is 5.91 Å². The fraction of sp³-hybridized carbons (Fsp3) is 0.588. The van der Waals surface area contributed by atoms with E-state index in [1.165, 1.54) is 0 Å². The van der Waals surface area contributed by atoms with Crippen LogP contribution in [-0.2, 0) is 4.79 Å². The fourth-order valence-corrected chi connectivity index (χ4v) is 2.83. The Kier molecular flexibility index (Phi) is 6.05. The van der Waals surface area contributed by atoms with Gasteiger partial charge in [-0.05, 0) is 18.6 Å². The maximum atomic E-state index is 12.4. The summed E-state index contributed by atoms with van der Waals surface area (Å²) in [5, 5.41) is 0. The molecule has 21 heavy (non-hydrogen) atoms. The minimum atomic E-state index is -0.0124. The van der Waals surface area contributed by atoms with Gasteiger partial charge in [-0.25, -0.2) is 0 Å². The summed E-state index contributed by atoms with van der Waals surface area (Å²) in [6.07, 6.45) is 3.88. The Morgan fingerprint density at radius 2 is 2.00 bits per heavy atom. The predicted molar refractivity (Wildman–Crippen MR) is 84.1 cm³/mol. The quantitative estimate of drug-likeness (QED) is 0.875. The molecule has 4 nitrogen and oxygen atoms in total. The molecule has 1 aliphatic rings. The number of amides is 1. The Labute approximate surface area is 127 Å². The topological polar surface area (TPSA) is 55.6 Å². The minimum absolute atomic E-state index is 0.0124. The second kappa shape index (κ2) is 8.03. The molecule has 1 amide bonds. The van der Waals surface area contributed by atoms with Crippen LogP contribution in [0.3, 0.4) is 0 Å². The van der Waals surface area contributed by atoms with E-state index in [1.54, 1.807) is 0 Å². The second-order valence-electron chi connectivity index (χ2n) is 5.68. The summed E-state index contributed by atoms with van der Waals surface area (Å²) in [7, 11) is 0. The number of rotatable bonds is 6. The molecule has 2 rings (SSSR count). The normalized spacial score (nSPS) is 17.5. The van der Waals surface area contributed by atoms with Crippen molar-refractivity contribution in [3.63, 3.8) is 0 Å². The van der Waals surface area contributed by atoms with Gasteiger partial charge >= 0.3 is 0 Å². The van der Waals surface area contributed by atoms with E-state index >= 15 is 0 Å². The van der Waals surface area contributed by atoms with E-state index in [2.05, 4.69) is 6.92 Å². The van der Waals surface area contributed by atoms with Crippen LogP contribution in [0, 0.1) is 5.92 Å². The molecule has 1 atom stereocenters. The summed E-state index contributed by atoms with van der Waals surface area (Å²) in [5.74, 6) is 1.12. The molecule has 0 saturated carbocycles. The minimum Gasteiger partial charge on any atom is -0.490 e. The van der Waals surface area contributed by atoms with Crippen molar-refractivity contribution < 1.29 is 9.53 Å². The highest BCUT2D eigenvalue weighted by atomic mass is 16.5. The first kappa shape index (κ1) is 15.8. The molecule has 0 aromatic heterocycles. The molecule has 4 heteroatoms. The van der Waals surface area contributed by atoms with Gasteiger partial charge < -0.3 is 15.4 Å². The number of hydrogen-bond donors (Lipinski definition) is 1. The monoisotopic (exact) mass is 290 g/mol. The summed E-state index contributed by atoms with van der Waals surface area (Å²) in [6.45, 7) is 4.09. The Hall–Kier alpha value is -1.55. The summed E-state index contributed by atoms with van der Waals surface area (Å²) in [4.78, 5) is 14.3. The van der Waals surface area contributed by atoms with Gasteiger partial charge in [-0.15, -0.1) is 0 Å². The van der Waals surface area contributed by atoms with Gasteiger partial charge in [-0.3, -0.25) is 4.79 Å². The van der Waals surface area contributed by atoms with Crippen LogP contribution in [0.4, 0.5) is 0 Å². The van der Waals surface area contributed by atoms with Crippen LogP contribution in [0.15, 0.2) is 30.3 Å². The smallest absolute Gasteiger partial charge is 0.226 e. The summed E-state index contributed by atoms with van der Waals surface area (Å²) in [6, 6.07) is 9.89. The molecule has 2 N–H and O–H groups in total. The van der Waals surface area contributed by atoms with Crippen molar-refractivity contribution in [2.24, 2.45) is 11.7 Å². The maximum absolute atomic E-state index is 12.4. The molecule has 1 aromatic carbocycles. The summed E-state index contributed by atoms with van der Waals surface area (Å²) < 4.78 is 5.96. The molecule has 0 aliphatic carbocycles. The molecule has 1 fully saturated rings. The van der Waals surface area contributed by atoms with Gasteiger partial charge in [0.1, 0.15) is 11.9 Å². The number of likely N-dealkylation sites (tertiary alicyclic amines) is 1. The number of benzene rings is 1. The summed E-state index contributed by atoms with van der Waals surface area (Å²) >= 11 is 0. The highest BCUT2D eigenvalue weighted by Crippen LogP contribution is 2.20. The highest BCUT2D eigenvalue weighted by Gasteiger charge is 2.27. The van der Waals surface area contributed by atoms with E-state index in [1.807, 2.05) is 35.2 Å². The third-order valence-corrected chi connectivity index (χ3v) is 4.07. The van der Waals surface area contributed by atoms with Crippen molar-refractivity contribution in [2.45, 2.75) is 38.7 Å². The van der Waals surface area contributed by atoms with Crippen LogP contribution in [0.2, 0.25) is 0 Å². The van der Waals surface area contributed by atoms with Crippen LogP contribution in [0.25, 0.3) is 0 Å². The van der Waals surface area contributed by atoms with Gasteiger partial charge in [0.15, 0.2) is 0 Å². The molecular weight excluding hydrogens is 264 g/mol. The Morgan fingerprint density at radius 3 is 2.57 bits per heavy atom. The fourth-order valence-electron chi connectivity index (χ4n) is 2.83. The number of hydrogen-bond acceptors (Lipinski definition) is 3. The highest BCUT2D eigenvalue weighted by molar-refractivity contribution is 5.79. The van der Waals surface area contributed by atoms with Gasteiger partial charge in [0.05, 0.1) is 5.92 Å². The first-order valence-electron chi connectivity index (χ1n) is 7.95. The number of carbonyl (C=O) groups is 1. The van der Waals surface area contributed by atoms with Crippen molar-refractivity contribution in [2.75, 3.05) is 19.6 Å². The molecule has 1 heterocycles. The summed E-state index contributed by atoms with van der Waals surface area (Å²) in [5.41, 5.74) is 5.72. The van der Waals surface area contributed by atoms with Crippen LogP contribution >= 0.6 is 0 Å². The molecule has 1 saturated heterocycles. The van der Waals surface area contributed by atoms with E-state index in [0.29, 0.717) is 6.54 Å². The predicted octanol–water partition coefficient (Wildman–Crippen LogP) is 2.43. The van der Waals surface area contributed by atoms with Gasteiger partial charge in [0, 0.05) is 32.5 Å². The van der Waals surface area contributed by atoms with E-state index in [-0.39, 0.29) is 17.9 Å². The van der Waals surface area contributed by atoms with Crippen molar-refractivity contribution in [3.8, 4) is 5.75 Å². The molecule has 0 bridgehead atoms. The van der Waals surface area contributed by atoms with E-state index in [4.69, 9.17) is 10.5 Å². The van der Waals surface area contributed by atoms with Gasteiger partial charge in [0.25, 0.3) is 0 Å². The molecule has 0 radical (unpaired) electrons. The lowest BCUT2D eigenvalue weighted by molar-refractivity contribution is -0.137. The van der Waals surface area contributed by atoms with Crippen LogP contribution in [0.5, 0.6) is 5.75 Å². The number of piperidine rings is 1. The Morgan fingerprint density at radius 1 is 1.33 bits per heavy atom. The SMILES string of the molecule is CCCC(CN)C(=O)N1CCC(Oc2ccccc2)CC1. The van der Waals surface area contributed by atoms with Gasteiger partial charge in [-0.2, -0.15) is 0 Å². The lowest BCUT2D eigenvalue weighted by Crippen LogP contribution is -2.45. The largest absolute Gasteiger partial charge is 0.490 e. The molecule has 116 valence electrons. The van der Waals surface area contributed by atoms with Crippen LogP contribution in [0.1, 0.15) is 32.6 Å². The Balaban J connectivity index is 1.81. The number of para-hydroxylation sites is 1. The Bertz CT molecular complexity index is 428. The van der Waals surface area contributed by atoms with Crippen molar-refractivity contribution in [3.05, 3.63) is 30.3 Å². The van der Waals surface area contributed by atoms with E-state index < -0.39 is 0 Å². The zero-order valence-corrected chi connectivity index (χ0v) is 12.8.